The lowest BCUT2D eigenvalue weighted by molar-refractivity contribution is -0.120. The Labute approximate surface area is 162 Å². The van der Waals surface area contributed by atoms with E-state index >= 15 is 0 Å². The van der Waals surface area contributed by atoms with Crippen molar-refractivity contribution in [3.8, 4) is 0 Å². The largest absolute Gasteiger partial charge is 0.463 e. The molecular formula is C19H14BrN3O4. The van der Waals surface area contributed by atoms with Crippen molar-refractivity contribution < 1.29 is 14.0 Å². The fraction of sp³-hybridized carbons (Fsp3) is 0.0526. The summed E-state index contributed by atoms with van der Waals surface area (Å²) >= 11 is 3.28. The third-order valence-electron chi connectivity index (χ3n) is 3.60. The summed E-state index contributed by atoms with van der Waals surface area (Å²) in [7, 11) is 0. The first-order valence-electron chi connectivity index (χ1n) is 7.91. The second-order valence-corrected chi connectivity index (χ2v) is 6.42. The molecule has 3 rings (SSSR count). The van der Waals surface area contributed by atoms with Gasteiger partial charge in [-0.25, -0.2) is 5.43 Å². The van der Waals surface area contributed by atoms with Crippen LogP contribution in [-0.4, -0.2) is 24.6 Å². The van der Waals surface area contributed by atoms with Crippen LogP contribution in [0.5, 0.6) is 0 Å². The molecule has 0 saturated heterocycles. The van der Waals surface area contributed by atoms with E-state index < -0.39 is 5.91 Å². The third-order valence-corrected chi connectivity index (χ3v) is 4.09. The first kappa shape index (κ1) is 18.5. The summed E-state index contributed by atoms with van der Waals surface area (Å²) in [6.07, 6.45) is 2.47. The molecule has 2 amide bonds. The topological polar surface area (TPSA) is 101 Å². The Morgan fingerprint density at radius 2 is 1.96 bits per heavy atom. The highest BCUT2D eigenvalue weighted by Gasteiger charge is 2.08. The van der Waals surface area contributed by atoms with Gasteiger partial charge in [-0.1, -0.05) is 34.1 Å². The van der Waals surface area contributed by atoms with E-state index in [-0.39, 0.29) is 23.4 Å². The number of carbonyl (C=O) groups excluding carboxylic acids is 2. The maximum absolute atomic E-state index is 12.3. The molecule has 136 valence electrons. The zero-order valence-corrected chi connectivity index (χ0v) is 15.5. The van der Waals surface area contributed by atoms with E-state index in [0.29, 0.717) is 16.5 Å². The highest BCUT2D eigenvalue weighted by atomic mass is 79.9. The summed E-state index contributed by atoms with van der Waals surface area (Å²) in [4.78, 5) is 36.0. The minimum atomic E-state index is -0.528. The van der Waals surface area contributed by atoms with Crippen LogP contribution in [0, 0.1) is 0 Å². The van der Waals surface area contributed by atoms with Crippen molar-refractivity contribution in [1.82, 2.24) is 10.7 Å². The van der Waals surface area contributed by atoms with Crippen LogP contribution in [0.3, 0.4) is 0 Å². The maximum Gasteiger partial charge on any atom is 0.259 e. The lowest BCUT2D eigenvalue weighted by atomic mass is 10.2. The number of halogens is 1. The molecule has 0 fully saturated rings. The number of nitrogens with one attached hydrogen (secondary N) is 2. The smallest absolute Gasteiger partial charge is 0.259 e. The highest BCUT2D eigenvalue weighted by Crippen LogP contribution is 2.11. The molecule has 1 heterocycles. The van der Waals surface area contributed by atoms with E-state index in [1.807, 2.05) is 0 Å². The minimum absolute atomic E-state index is 0.201. The molecule has 1 aromatic heterocycles. The molecule has 0 aliphatic rings. The van der Waals surface area contributed by atoms with Crippen molar-refractivity contribution in [2.24, 2.45) is 5.10 Å². The standard InChI is InChI=1S/C19H14BrN3O4/c20-14-5-3-4-12(8-14)19(26)21-10-17(24)23-22-9-13-11-27-16-7-2-1-6-15(16)18(13)25/h1-9,11H,10H2,(H,21,26)(H,23,24)/b22-9-. The van der Waals surface area contributed by atoms with Gasteiger partial charge in [-0.05, 0) is 30.3 Å². The van der Waals surface area contributed by atoms with Gasteiger partial charge >= 0.3 is 0 Å². The molecular weight excluding hydrogens is 414 g/mol. The number of para-hydroxylation sites is 1. The van der Waals surface area contributed by atoms with E-state index in [2.05, 4.69) is 31.8 Å². The van der Waals surface area contributed by atoms with Gasteiger partial charge in [0.15, 0.2) is 0 Å². The van der Waals surface area contributed by atoms with Gasteiger partial charge in [0.2, 0.25) is 5.43 Å². The molecule has 27 heavy (non-hydrogen) atoms. The number of rotatable bonds is 5. The zero-order chi connectivity index (χ0) is 19.2. The fourth-order valence-electron chi connectivity index (χ4n) is 2.29. The van der Waals surface area contributed by atoms with Gasteiger partial charge in [-0.15, -0.1) is 0 Å². The van der Waals surface area contributed by atoms with E-state index in [9.17, 15) is 14.4 Å². The fourth-order valence-corrected chi connectivity index (χ4v) is 2.69. The van der Waals surface area contributed by atoms with E-state index in [1.165, 1.54) is 12.5 Å². The quantitative estimate of drug-likeness (QED) is 0.482. The minimum Gasteiger partial charge on any atom is -0.463 e. The molecule has 7 nitrogen and oxygen atoms in total. The van der Waals surface area contributed by atoms with Crippen LogP contribution >= 0.6 is 15.9 Å². The molecule has 0 atom stereocenters. The number of benzene rings is 2. The third kappa shape index (κ3) is 4.68. The van der Waals surface area contributed by atoms with E-state index in [4.69, 9.17) is 4.42 Å². The van der Waals surface area contributed by atoms with Crippen LogP contribution in [0.4, 0.5) is 0 Å². The Bertz CT molecular complexity index is 1090. The monoisotopic (exact) mass is 427 g/mol. The van der Waals surface area contributed by atoms with Gasteiger partial charge in [0.05, 0.1) is 23.7 Å². The van der Waals surface area contributed by atoms with Crippen LogP contribution in [0.1, 0.15) is 15.9 Å². The second-order valence-electron chi connectivity index (χ2n) is 5.50. The molecule has 0 bridgehead atoms. The number of hydrogen-bond donors (Lipinski definition) is 2. The molecule has 0 aliphatic carbocycles. The van der Waals surface area contributed by atoms with Crippen LogP contribution < -0.4 is 16.2 Å². The number of carbonyl (C=O) groups is 2. The molecule has 8 heteroatoms. The average molecular weight is 428 g/mol. The Morgan fingerprint density at radius 3 is 2.78 bits per heavy atom. The predicted octanol–water partition coefficient (Wildman–Crippen LogP) is 2.44. The summed E-state index contributed by atoms with van der Waals surface area (Å²) in [6, 6.07) is 13.6. The van der Waals surface area contributed by atoms with Gasteiger partial charge < -0.3 is 9.73 Å². The van der Waals surface area contributed by atoms with Crippen molar-refractivity contribution in [3.05, 3.63) is 80.6 Å². The van der Waals surface area contributed by atoms with Gasteiger partial charge in [0.25, 0.3) is 11.8 Å². The molecule has 2 N–H and O–H groups in total. The molecule has 0 spiro atoms. The predicted molar refractivity (Wildman–Crippen MR) is 105 cm³/mol. The molecule has 2 aromatic carbocycles. The lowest BCUT2D eigenvalue weighted by Gasteiger charge is -2.04. The van der Waals surface area contributed by atoms with Crippen LogP contribution in [0.25, 0.3) is 11.0 Å². The SMILES string of the molecule is O=C(CNC(=O)c1cccc(Br)c1)N/N=C\c1coc2ccccc2c1=O. The van der Waals surface area contributed by atoms with Crippen molar-refractivity contribution in [1.29, 1.82) is 0 Å². The number of hydrazone groups is 1. The number of fused-ring (bicyclic) bond motifs is 1. The number of hydrogen-bond acceptors (Lipinski definition) is 5. The van der Waals surface area contributed by atoms with Gasteiger partial charge in [0.1, 0.15) is 11.8 Å². The van der Waals surface area contributed by atoms with Crippen molar-refractivity contribution in [2.45, 2.75) is 0 Å². The first-order valence-corrected chi connectivity index (χ1v) is 8.70. The summed E-state index contributed by atoms with van der Waals surface area (Å²) in [5.74, 6) is -0.912. The zero-order valence-electron chi connectivity index (χ0n) is 13.9. The Balaban J connectivity index is 1.57. The van der Waals surface area contributed by atoms with Crippen LogP contribution in [0.15, 0.2) is 73.6 Å². The van der Waals surface area contributed by atoms with E-state index in [0.717, 1.165) is 4.47 Å². The molecule has 0 saturated carbocycles. The van der Waals surface area contributed by atoms with E-state index in [1.54, 1.807) is 48.5 Å². The van der Waals surface area contributed by atoms with Crippen molar-refractivity contribution in [2.75, 3.05) is 6.54 Å². The number of amides is 2. The summed E-state index contributed by atoms with van der Waals surface area (Å²) in [5, 5.41) is 6.64. The van der Waals surface area contributed by atoms with Crippen molar-refractivity contribution in [3.63, 3.8) is 0 Å². The maximum atomic E-state index is 12.3. The molecule has 0 aliphatic heterocycles. The molecule has 3 aromatic rings. The van der Waals surface area contributed by atoms with Crippen LogP contribution in [0.2, 0.25) is 0 Å². The molecule has 0 unspecified atom stereocenters. The highest BCUT2D eigenvalue weighted by molar-refractivity contribution is 9.10. The summed E-state index contributed by atoms with van der Waals surface area (Å²) < 4.78 is 6.12. The normalized spacial score (nSPS) is 10.9. The lowest BCUT2D eigenvalue weighted by Crippen LogP contribution is -2.35. The summed E-state index contributed by atoms with van der Waals surface area (Å²) in [6.45, 7) is -0.255. The molecule has 0 radical (unpaired) electrons. The second kappa shape index (κ2) is 8.41. The van der Waals surface area contributed by atoms with Crippen LogP contribution in [-0.2, 0) is 4.79 Å². The van der Waals surface area contributed by atoms with Crippen molar-refractivity contribution >= 4 is 44.9 Å². The average Bonchev–Trinajstić information content (AvgIpc) is 2.68. The Hall–Kier alpha value is -3.26. The first-order chi connectivity index (χ1) is 13.0. The van der Waals surface area contributed by atoms with Gasteiger partial charge in [-0.2, -0.15) is 5.10 Å². The number of nitrogens with zero attached hydrogens (tertiary/aromatic N) is 1. The van der Waals surface area contributed by atoms with Gasteiger partial charge in [0, 0.05) is 10.0 Å². The Kier molecular flexibility index (Phi) is 5.77. The van der Waals surface area contributed by atoms with Gasteiger partial charge in [-0.3, -0.25) is 14.4 Å². The Morgan fingerprint density at radius 1 is 1.15 bits per heavy atom. The summed E-state index contributed by atoms with van der Waals surface area (Å²) in [5.41, 5.74) is 3.10.